The highest BCUT2D eigenvalue weighted by atomic mass is 16.5. The SMILES string of the molecule is CCOC(=O)C1CCCN(C(=O)CN(C)C(=O)c2ccc(CN(CC)C(C)C)cc2)C1. The number of ether oxygens (including phenoxy) is 1. The fourth-order valence-electron chi connectivity index (χ4n) is 3.90. The lowest BCUT2D eigenvalue weighted by Gasteiger charge is -2.32. The molecule has 1 unspecified atom stereocenters. The van der Waals surface area contributed by atoms with Crippen LogP contribution >= 0.6 is 0 Å². The summed E-state index contributed by atoms with van der Waals surface area (Å²) < 4.78 is 5.10. The third-order valence-electron chi connectivity index (χ3n) is 5.84. The minimum absolute atomic E-state index is 0.00685. The van der Waals surface area contributed by atoms with Gasteiger partial charge in [-0.05, 0) is 57.9 Å². The summed E-state index contributed by atoms with van der Waals surface area (Å²) >= 11 is 0. The number of amides is 2. The van der Waals surface area contributed by atoms with Gasteiger partial charge in [-0.3, -0.25) is 19.3 Å². The molecular weight excluding hydrogens is 394 g/mol. The van der Waals surface area contributed by atoms with Gasteiger partial charge in [0, 0.05) is 38.3 Å². The summed E-state index contributed by atoms with van der Waals surface area (Å²) in [6.45, 7) is 11.4. The van der Waals surface area contributed by atoms with Crippen molar-refractivity contribution in [1.82, 2.24) is 14.7 Å². The van der Waals surface area contributed by atoms with Crippen molar-refractivity contribution in [2.75, 3.05) is 39.8 Å². The summed E-state index contributed by atoms with van der Waals surface area (Å²) in [5.41, 5.74) is 1.72. The fourth-order valence-corrected chi connectivity index (χ4v) is 3.90. The van der Waals surface area contributed by atoms with Crippen LogP contribution in [0.2, 0.25) is 0 Å². The minimum atomic E-state index is -0.278. The number of nitrogens with zero attached hydrogens (tertiary/aromatic N) is 3. The molecule has 1 aliphatic rings. The Morgan fingerprint density at radius 1 is 1.16 bits per heavy atom. The predicted octanol–water partition coefficient (Wildman–Crippen LogP) is 2.79. The van der Waals surface area contributed by atoms with Crippen LogP contribution in [0.15, 0.2) is 24.3 Å². The molecule has 1 aromatic rings. The average Bonchev–Trinajstić information content (AvgIpc) is 2.77. The first-order valence-corrected chi connectivity index (χ1v) is 11.3. The van der Waals surface area contributed by atoms with Crippen LogP contribution in [0.4, 0.5) is 0 Å². The Morgan fingerprint density at radius 3 is 2.42 bits per heavy atom. The number of hydrogen-bond acceptors (Lipinski definition) is 5. The van der Waals surface area contributed by atoms with Crippen molar-refractivity contribution in [3.8, 4) is 0 Å². The highest BCUT2D eigenvalue weighted by molar-refractivity contribution is 5.96. The van der Waals surface area contributed by atoms with Crippen LogP contribution in [-0.4, -0.2) is 78.4 Å². The van der Waals surface area contributed by atoms with E-state index >= 15 is 0 Å². The zero-order valence-electron chi connectivity index (χ0n) is 19.6. The smallest absolute Gasteiger partial charge is 0.310 e. The van der Waals surface area contributed by atoms with Gasteiger partial charge in [-0.2, -0.15) is 0 Å². The zero-order chi connectivity index (χ0) is 23.0. The lowest BCUT2D eigenvalue weighted by Crippen LogP contribution is -2.47. The van der Waals surface area contributed by atoms with Crippen LogP contribution in [0, 0.1) is 5.92 Å². The van der Waals surface area contributed by atoms with Crippen LogP contribution in [0.1, 0.15) is 56.5 Å². The van der Waals surface area contributed by atoms with Gasteiger partial charge in [0.25, 0.3) is 5.91 Å². The molecule has 172 valence electrons. The monoisotopic (exact) mass is 431 g/mol. The lowest BCUT2D eigenvalue weighted by molar-refractivity contribution is -0.151. The van der Waals surface area contributed by atoms with Gasteiger partial charge in [0.15, 0.2) is 0 Å². The van der Waals surface area contributed by atoms with E-state index in [4.69, 9.17) is 4.74 Å². The molecule has 1 fully saturated rings. The Labute approximate surface area is 186 Å². The van der Waals surface area contributed by atoms with E-state index in [9.17, 15) is 14.4 Å². The number of likely N-dealkylation sites (tertiary alicyclic amines) is 1. The third kappa shape index (κ3) is 7.06. The first-order chi connectivity index (χ1) is 14.8. The summed E-state index contributed by atoms with van der Waals surface area (Å²) in [7, 11) is 1.64. The minimum Gasteiger partial charge on any atom is -0.466 e. The highest BCUT2D eigenvalue weighted by Crippen LogP contribution is 2.18. The van der Waals surface area contributed by atoms with Gasteiger partial charge in [0.1, 0.15) is 0 Å². The van der Waals surface area contributed by atoms with Gasteiger partial charge < -0.3 is 14.5 Å². The largest absolute Gasteiger partial charge is 0.466 e. The number of esters is 1. The van der Waals surface area contributed by atoms with E-state index in [2.05, 4.69) is 25.7 Å². The number of hydrogen-bond donors (Lipinski definition) is 0. The number of piperidine rings is 1. The van der Waals surface area contributed by atoms with Crippen LogP contribution in [0.25, 0.3) is 0 Å². The van der Waals surface area contributed by atoms with Crippen molar-refractivity contribution in [1.29, 1.82) is 0 Å². The van der Waals surface area contributed by atoms with Crippen LogP contribution in [-0.2, 0) is 20.9 Å². The molecule has 7 heteroatoms. The average molecular weight is 432 g/mol. The second-order valence-electron chi connectivity index (χ2n) is 8.45. The molecule has 0 N–H and O–H groups in total. The Kier molecular flexibility index (Phi) is 9.49. The molecule has 0 radical (unpaired) electrons. The van der Waals surface area contributed by atoms with E-state index in [0.717, 1.165) is 31.5 Å². The quantitative estimate of drug-likeness (QED) is 0.563. The summed E-state index contributed by atoms with van der Waals surface area (Å²) in [5.74, 6) is -0.851. The molecule has 1 heterocycles. The van der Waals surface area contributed by atoms with Crippen LogP contribution < -0.4 is 0 Å². The molecule has 31 heavy (non-hydrogen) atoms. The first kappa shape index (κ1) is 24.9. The van der Waals surface area contributed by atoms with Crippen molar-refractivity contribution >= 4 is 17.8 Å². The molecular formula is C24H37N3O4. The Hall–Kier alpha value is -2.41. The fraction of sp³-hybridized carbons (Fsp3) is 0.625. The number of carbonyl (C=O) groups excluding carboxylic acids is 3. The summed E-state index contributed by atoms with van der Waals surface area (Å²) in [6, 6.07) is 8.06. The molecule has 0 aromatic heterocycles. The maximum atomic E-state index is 12.8. The molecule has 7 nitrogen and oxygen atoms in total. The maximum absolute atomic E-state index is 12.8. The second kappa shape index (κ2) is 11.8. The molecule has 0 saturated carbocycles. The number of carbonyl (C=O) groups is 3. The molecule has 1 atom stereocenters. The number of benzene rings is 1. The van der Waals surface area contributed by atoms with E-state index in [-0.39, 0.29) is 30.2 Å². The van der Waals surface area contributed by atoms with E-state index < -0.39 is 0 Å². The standard InChI is InChI=1S/C24H37N3O4/c1-6-26(18(3)4)15-19-10-12-20(13-11-19)23(29)25(5)17-22(28)27-14-8-9-21(16-27)24(30)31-7-2/h10-13,18,21H,6-9,14-17H2,1-5H3. The van der Waals surface area contributed by atoms with Crippen LogP contribution in [0.5, 0.6) is 0 Å². The molecule has 0 spiro atoms. The van der Waals surface area contributed by atoms with Gasteiger partial charge in [-0.25, -0.2) is 0 Å². The van der Waals surface area contributed by atoms with Gasteiger partial charge >= 0.3 is 5.97 Å². The molecule has 1 aliphatic heterocycles. The Balaban J connectivity index is 1.92. The van der Waals surface area contributed by atoms with Gasteiger partial charge in [-0.1, -0.05) is 19.1 Å². The molecule has 2 rings (SSSR count). The Morgan fingerprint density at radius 2 is 1.84 bits per heavy atom. The molecule has 0 aliphatic carbocycles. The molecule has 1 aromatic carbocycles. The van der Waals surface area contributed by atoms with Crippen molar-refractivity contribution in [3.05, 3.63) is 35.4 Å². The van der Waals surface area contributed by atoms with Gasteiger partial charge in [0.05, 0.1) is 19.1 Å². The number of rotatable bonds is 9. The maximum Gasteiger partial charge on any atom is 0.310 e. The summed E-state index contributed by atoms with van der Waals surface area (Å²) in [4.78, 5) is 43.0. The van der Waals surface area contributed by atoms with Crippen LogP contribution in [0.3, 0.4) is 0 Å². The molecule has 2 amide bonds. The van der Waals surface area contributed by atoms with E-state index in [0.29, 0.717) is 31.3 Å². The number of likely N-dealkylation sites (N-methyl/N-ethyl adjacent to an activating group) is 1. The molecule has 1 saturated heterocycles. The van der Waals surface area contributed by atoms with E-state index in [1.54, 1.807) is 18.9 Å². The lowest BCUT2D eigenvalue weighted by atomic mass is 9.98. The van der Waals surface area contributed by atoms with Crippen molar-refractivity contribution in [2.24, 2.45) is 5.92 Å². The predicted molar refractivity (Wildman–Crippen MR) is 121 cm³/mol. The van der Waals surface area contributed by atoms with Crippen molar-refractivity contribution in [3.63, 3.8) is 0 Å². The van der Waals surface area contributed by atoms with Gasteiger partial charge in [-0.15, -0.1) is 0 Å². The summed E-state index contributed by atoms with van der Waals surface area (Å²) in [5, 5.41) is 0. The van der Waals surface area contributed by atoms with Crippen molar-refractivity contribution in [2.45, 2.75) is 53.1 Å². The van der Waals surface area contributed by atoms with E-state index in [1.807, 2.05) is 24.3 Å². The Bertz CT molecular complexity index is 748. The molecule has 0 bridgehead atoms. The second-order valence-corrected chi connectivity index (χ2v) is 8.45. The zero-order valence-corrected chi connectivity index (χ0v) is 19.6. The normalized spacial score (nSPS) is 16.5. The third-order valence-corrected chi connectivity index (χ3v) is 5.84. The summed E-state index contributed by atoms with van der Waals surface area (Å²) in [6.07, 6.45) is 1.50. The first-order valence-electron chi connectivity index (χ1n) is 11.3. The van der Waals surface area contributed by atoms with Gasteiger partial charge in [0.2, 0.25) is 5.91 Å². The topological polar surface area (TPSA) is 70.2 Å². The van der Waals surface area contributed by atoms with E-state index in [1.165, 1.54) is 4.90 Å². The van der Waals surface area contributed by atoms with Crippen molar-refractivity contribution < 1.29 is 19.1 Å². The highest BCUT2D eigenvalue weighted by Gasteiger charge is 2.30.